The molecule has 26 heavy (non-hydrogen) atoms. The van der Waals surface area contributed by atoms with Crippen LogP contribution in [0.1, 0.15) is 17.3 Å². The summed E-state index contributed by atoms with van der Waals surface area (Å²) in [6.45, 7) is 5.52. The summed E-state index contributed by atoms with van der Waals surface area (Å²) in [6, 6.07) is 6.56. The Labute approximate surface area is 153 Å². The molecule has 142 valence electrons. The Hall–Kier alpha value is -2.45. The summed E-state index contributed by atoms with van der Waals surface area (Å²) in [7, 11) is 1.27. The maximum absolute atomic E-state index is 12.3. The molecular formula is C18H25N3O5. The molecule has 0 saturated carbocycles. The number of ether oxygens (including phenoxy) is 2. The van der Waals surface area contributed by atoms with Gasteiger partial charge in [-0.2, -0.15) is 0 Å². The number of hydrogen-bond donors (Lipinski definition) is 1. The zero-order chi connectivity index (χ0) is 18.9. The smallest absolute Gasteiger partial charge is 0.339 e. The van der Waals surface area contributed by atoms with Crippen molar-refractivity contribution in [2.75, 3.05) is 57.9 Å². The molecule has 0 radical (unpaired) electrons. The number of methoxy groups -OCH3 is 1. The SMILES string of the molecule is COC(=O)c1ccccc1N(CC(=O)NCCN1CCOCC1)C(C)=O. The Kier molecular flexibility index (Phi) is 7.55. The van der Waals surface area contributed by atoms with Crippen LogP contribution in [0.5, 0.6) is 0 Å². The Morgan fingerprint density at radius 1 is 1.23 bits per heavy atom. The molecule has 1 heterocycles. The van der Waals surface area contributed by atoms with Crippen molar-refractivity contribution in [3.05, 3.63) is 29.8 Å². The van der Waals surface area contributed by atoms with Gasteiger partial charge in [-0.3, -0.25) is 14.5 Å². The summed E-state index contributed by atoms with van der Waals surface area (Å²) in [5.41, 5.74) is 0.599. The van der Waals surface area contributed by atoms with E-state index in [0.717, 1.165) is 19.6 Å². The van der Waals surface area contributed by atoms with E-state index in [0.29, 0.717) is 25.4 Å². The number of para-hydroxylation sites is 1. The Morgan fingerprint density at radius 2 is 1.92 bits per heavy atom. The van der Waals surface area contributed by atoms with Gasteiger partial charge < -0.3 is 19.7 Å². The summed E-state index contributed by atoms with van der Waals surface area (Å²) >= 11 is 0. The monoisotopic (exact) mass is 363 g/mol. The maximum Gasteiger partial charge on any atom is 0.339 e. The predicted octanol–water partition coefficient (Wildman–Crippen LogP) is 0.275. The second kappa shape index (κ2) is 9.88. The molecule has 0 atom stereocenters. The van der Waals surface area contributed by atoms with Gasteiger partial charge in [0, 0.05) is 33.1 Å². The largest absolute Gasteiger partial charge is 0.465 e. The molecule has 0 bridgehead atoms. The van der Waals surface area contributed by atoms with E-state index in [9.17, 15) is 14.4 Å². The second-order valence-electron chi connectivity index (χ2n) is 5.92. The first-order valence-electron chi connectivity index (χ1n) is 8.55. The normalized spacial score (nSPS) is 14.5. The molecule has 1 fully saturated rings. The molecule has 1 saturated heterocycles. The highest BCUT2D eigenvalue weighted by molar-refractivity contribution is 6.04. The van der Waals surface area contributed by atoms with Crippen LogP contribution >= 0.6 is 0 Å². The fourth-order valence-electron chi connectivity index (χ4n) is 2.74. The summed E-state index contributed by atoms with van der Waals surface area (Å²) in [5.74, 6) is -1.17. The first-order valence-corrected chi connectivity index (χ1v) is 8.55. The highest BCUT2D eigenvalue weighted by atomic mass is 16.5. The summed E-state index contributed by atoms with van der Waals surface area (Å²) in [5, 5.41) is 2.82. The van der Waals surface area contributed by atoms with Gasteiger partial charge in [0.1, 0.15) is 6.54 Å². The molecule has 0 unspecified atom stereocenters. The van der Waals surface area contributed by atoms with Gasteiger partial charge in [-0.15, -0.1) is 0 Å². The topological polar surface area (TPSA) is 88.2 Å². The van der Waals surface area contributed by atoms with E-state index in [1.807, 2.05) is 0 Å². The average Bonchev–Trinajstić information content (AvgIpc) is 2.66. The average molecular weight is 363 g/mol. The number of nitrogens with zero attached hydrogens (tertiary/aromatic N) is 2. The Bertz CT molecular complexity index is 643. The fourth-order valence-corrected chi connectivity index (χ4v) is 2.74. The van der Waals surface area contributed by atoms with E-state index >= 15 is 0 Å². The predicted molar refractivity (Wildman–Crippen MR) is 96.1 cm³/mol. The standard InChI is InChI=1S/C18H25N3O5/c1-14(22)21(16-6-4-3-5-15(16)18(24)25-2)13-17(23)19-7-8-20-9-11-26-12-10-20/h3-6H,7-13H2,1-2H3,(H,19,23). The van der Waals surface area contributed by atoms with Crippen molar-refractivity contribution in [1.29, 1.82) is 0 Å². The molecule has 0 aromatic heterocycles. The van der Waals surface area contributed by atoms with Gasteiger partial charge in [0.15, 0.2) is 0 Å². The number of anilines is 1. The van der Waals surface area contributed by atoms with Gasteiger partial charge in [-0.1, -0.05) is 12.1 Å². The lowest BCUT2D eigenvalue weighted by Crippen LogP contribution is -2.44. The van der Waals surface area contributed by atoms with E-state index in [1.54, 1.807) is 24.3 Å². The lowest BCUT2D eigenvalue weighted by molar-refractivity contribution is -0.123. The molecule has 1 N–H and O–H groups in total. The van der Waals surface area contributed by atoms with E-state index < -0.39 is 5.97 Å². The molecule has 1 aliphatic heterocycles. The van der Waals surface area contributed by atoms with Crippen LogP contribution in [0.25, 0.3) is 0 Å². The molecular weight excluding hydrogens is 338 g/mol. The Balaban J connectivity index is 1.96. The van der Waals surface area contributed by atoms with Crippen LogP contribution in [0.2, 0.25) is 0 Å². The zero-order valence-corrected chi connectivity index (χ0v) is 15.2. The van der Waals surface area contributed by atoms with Gasteiger partial charge in [0.05, 0.1) is 31.6 Å². The number of nitrogens with one attached hydrogen (secondary N) is 1. The number of carbonyl (C=O) groups excluding carboxylic acids is 3. The molecule has 2 rings (SSSR count). The number of amides is 2. The van der Waals surface area contributed by atoms with Gasteiger partial charge in [-0.05, 0) is 12.1 Å². The fraction of sp³-hybridized carbons (Fsp3) is 0.500. The first-order chi connectivity index (χ1) is 12.5. The van der Waals surface area contributed by atoms with Gasteiger partial charge in [0.25, 0.3) is 0 Å². The van der Waals surface area contributed by atoms with E-state index in [4.69, 9.17) is 9.47 Å². The Morgan fingerprint density at radius 3 is 2.58 bits per heavy atom. The lowest BCUT2D eigenvalue weighted by atomic mass is 10.1. The zero-order valence-electron chi connectivity index (χ0n) is 15.2. The number of morpholine rings is 1. The number of carbonyl (C=O) groups is 3. The van der Waals surface area contributed by atoms with Gasteiger partial charge >= 0.3 is 5.97 Å². The lowest BCUT2D eigenvalue weighted by Gasteiger charge is -2.27. The van der Waals surface area contributed by atoms with Crippen LogP contribution in [-0.2, 0) is 19.1 Å². The second-order valence-corrected chi connectivity index (χ2v) is 5.92. The minimum atomic E-state index is -0.556. The van der Waals surface area contributed by atoms with Crippen LogP contribution in [0.4, 0.5) is 5.69 Å². The van der Waals surface area contributed by atoms with Crippen molar-refractivity contribution in [1.82, 2.24) is 10.2 Å². The summed E-state index contributed by atoms with van der Waals surface area (Å²) in [4.78, 5) is 39.7. The van der Waals surface area contributed by atoms with Crippen molar-refractivity contribution in [2.45, 2.75) is 6.92 Å². The quantitative estimate of drug-likeness (QED) is 0.700. The molecule has 8 nitrogen and oxygen atoms in total. The van der Waals surface area contributed by atoms with Crippen LogP contribution in [0.15, 0.2) is 24.3 Å². The molecule has 0 aliphatic carbocycles. The third-order valence-electron chi connectivity index (χ3n) is 4.14. The van der Waals surface area contributed by atoms with E-state index in [2.05, 4.69) is 10.2 Å². The number of hydrogen-bond acceptors (Lipinski definition) is 6. The molecule has 0 spiro atoms. The van der Waals surface area contributed by atoms with Gasteiger partial charge in [-0.25, -0.2) is 4.79 Å². The van der Waals surface area contributed by atoms with Crippen LogP contribution in [0.3, 0.4) is 0 Å². The number of benzene rings is 1. The van der Waals surface area contributed by atoms with Crippen LogP contribution in [0, 0.1) is 0 Å². The third kappa shape index (κ3) is 5.53. The van der Waals surface area contributed by atoms with E-state index in [-0.39, 0.29) is 23.9 Å². The highest BCUT2D eigenvalue weighted by Crippen LogP contribution is 2.21. The summed E-state index contributed by atoms with van der Waals surface area (Å²) < 4.78 is 10.0. The number of rotatable bonds is 7. The van der Waals surface area contributed by atoms with Crippen molar-refractivity contribution in [3.63, 3.8) is 0 Å². The van der Waals surface area contributed by atoms with Crippen LogP contribution < -0.4 is 10.2 Å². The highest BCUT2D eigenvalue weighted by Gasteiger charge is 2.22. The molecule has 1 aromatic rings. The minimum absolute atomic E-state index is 0.160. The third-order valence-corrected chi connectivity index (χ3v) is 4.14. The molecule has 1 aliphatic rings. The minimum Gasteiger partial charge on any atom is -0.465 e. The summed E-state index contributed by atoms with van der Waals surface area (Å²) in [6.07, 6.45) is 0. The van der Waals surface area contributed by atoms with Gasteiger partial charge in [0.2, 0.25) is 11.8 Å². The number of esters is 1. The van der Waals surface area contributed by atoms with Crippen molar-refractivity contribution in [2.24, 2.45) is 0 Å². The first kappa shape index (κ1) is 19.9. The van der Waals surface area contributed by atoms with Crippen molar-refractivity contribution < 1.29 is 23.9 Å². The van der Waals surface area contributed by atoms with E-state index in [1.165, 1.54) is 18.9 Å². The molecule has 1 aromatic carbocycles. The molecule has 8 heteroatoms. The molecule has 2 amide bonds. The van der Waals surface area contributed by atoms with Crippen LogP contribution in [-0.4, -0.2) is 75.7 Å². The maximum atomic E-state index is 12.3. The van der Waals surface area contributed by atoms with Crippen molar-refractivity contribution >= 4 is 23.5 Å². The van der Waals surface area contributed by atoms with Crippen molar-refractivity contribution in [3.8, 4) is 0 Å².